The molecule has 1 aliphatic carbocycles. The molecule has 1 aliphatic rings. The highest BCUT2D eigenvalue weighted by molar-refractivity contribution is 6.71. The number of hydrogen-bond acceptors (Lipinski definition) is 4. The Balaban J connectivity index is 2.54. The molecule has 1 unspecified atom stereocenters. The van der Waals surface area contributed by atoms with Crippen molar-refractivity contribution in [3.8, 4) is 0 Å². The minimum absolute atomic E-state index is 0.205. The number of nitrogens with zero attached hydrogens (tertiary/aromatic N) is 1. The zero-order valence-corrected chi connectivity index (χ0v) is 10.1. The van der Waals surface area contributed by atoms with Crippen molar-refractivity contribution in [3.05, 3.63) is 21.8 Å². The molecule has 0 saturated heterocycles. The van der Waals surface area contributed by atoms with Crippen LogP contribution in [0.4, 0.5) is 0 Å². The molecule has 0 aromatic rings. The highest BCUT2D eigenvalue weighted by Gasteiger charge is 2.32. The van der Waals surface area contributed by atoms with Gasteiger partial charge in [-0.2, -0.15) is 0 Å². The summed E-state index contributed by atoms with van der Waals surface area (Å²) in [6, 6.07) is -0.644. The van der Waals surface area contributed by atoms with Crippen molar-refractivity contribution < 1.29 is 14.1 Å². The Morgan fingerprint density at radius 3 is 2.60 bits per heavy atom. The van der Waals surface area contributed by atoms with Gasteiger partial charge < -0.3 is 4.43 Å². The minimum atomic E-state index is -1.90. The molecule has 0 spiro atoms. The molecule has 1 rings (SSSR count). The first-order valence-electron chi connectivity index (χ1n) is 4.85. The lowest BCUT2D eigenvalue weighted by molar-refractivity contribution is -0.519. The van der Waals surface area contributed by atoms with Crippen LogP contribution in [0.15, 0.2) is 11.6 Å². The monoisotopic (exact) mass is 229 g/mol. The van der Waals surface area contributed by atoms with Crippen molar-refractivity contribution in [2.24, 2.45) is 0 Å². The van der Waals surface area contributed by atoms with Gasteiger partial charge in [0.15, 0.2) is 0 Å². The van der Waals surface area contributed by atoms with Crippen molar-refractivity contribution >= 4 is 14.3 Å². The summed E-state index contributed by atoms with van der Waals surface area (Å²) in [6.07, 6.45) is 2.16. The van der Waals surface area contributed by atoms with Crippen LogP contribution in [-0.2, 0) is 9.22 Å². The molecule has 0 heterocycles. The average Bonchev–Trinajstić information content (AvgIpc) is 2.47. The van der Waals surface area contributed by atoms with Crippen LogP contribution in [-0.4, -0.2) is 25.3 Å². The zero-order chi connectivity index (χ0) is 11.6. The van der Waals surface area contributed by atoms with Crippen LogP contribution >= 0.6 is 0 Å². The normalized spacial score (nSPS) is 21.0. The van der Waals surface area contributed by atoms with E-state index >= 15 is 0 Å². The van der Waals surface area contributed by atoms with Crippen molar-refractivity contribution in [2.45, 2.75) is 38.5 Å². The fourth-order valence-corrected chi connectivity index (χ4v) is 2.06. The molecule has 6 heteroatoms. The van der Waals surface area contributed by atoms with Crippen LogP contribution < -0.4 is 0 Å². The maximum atomic E-state index is 11.6. The van der Waals surface area contributed by atoms with Crippen molar-refractivity contribution in [2.75, 3.05) is 0 Å². The second-order valence-corrected chi connectivity index (χ2v) is 9.04. The predicted octanol–water partition coefficient (Wildman–Crippen LogP) is 1.73. The summed E-state index contributed by atoms with van der Waals surface area (Å²) < 4.78 is 5.26. The van der Waals surface area contributed by atoms with Gasteiger partial charge in [0.2, 0.25) is 14.4 Å². The maximum absolute atomic E-state index is 11.6. The molecule has 0 N–H and O–H groups in total. The number of carbonyl (C=O) groups is 1. The first kappa shape index (κ1) is 11.9. The Bertz CT molecular complexity index is 319. The molecule has 0 bridgehead atoms. The van der Waals surface area contributed by atoms with Crippen molar-refractivity contribution in [3.63, 3.8) is 0 Å². The van der Waals surface area contributed by atoms with Crippen LogP contribution in [0.3, 0.4) is 0 Å². The molecule has 15 heavy (non-hydrogen) atoms. The fourth-order valence-electron chi connectivity index (χ4n) is 1.37. The van der Waals surface area contributed by atoms with Gasteiger partial charge in [0, 0.05) is 23.3 Å². The lowest BCUT2D eigenvalue weighted by Crippen LogP contribution is -2.30. The third-order valence-corrected chi connectivity index (χ3v) is 2.85. The van der Waals surface area contributed by atoms with E-state index in [0.29, 0.717) is 12.0 Å². The molecule has 0 aliphatic heterocycles. The number of hydrogen-bond donors (Lipinski definition) is 0. The second-order valence-electron chi connectivity index (χ2n) is 4.61. The standard InChI is InChI=1S/C9H15NO4Si/c1-15(2,3)14-9(11)7-4-5-8(6-7)10(12)13/h4,8H,5-6H2,1-3H3. The first-order chi connectivity index (χ1) is 6.79. The summed E-state index contributed by atoms with van der Waals surface area (Å²) in [4.78, 5) is 21.7. The Kier molecular flexibility index (Phi) is 3.28. The molecule has 0 fully saturated rings. The van der Waals surface area contributed by atoms with Crippen LogP contribution in [0.2, 0.25) is 19.6 Å². The van der Waals surface area contributed by atoms with Crippen LogP contribution in [0, 0.1) is 10.1 Å². The van der Waals surface area contributed by atoms with Crippen molar-refractivity contribution in [1.29, 1.82) is 0 Å². The number of carbonyl (C=O) groups excluding carboxylic acids is 1. The molecule has 0 amide bonds. The Labute approximate surface area is 89.4 Å². The molecule has 0 saturated carbocycles. The third-order valence-electron chi connectivity index (χ3n) is 2.05. The maximum Gasteiger partial charge on any atom is 0.320 e. The van der Waals surface area contributed by atoms with Gasteiger partial charge in [-0.25, -0.2) is 4.79 Å². The van der Waals surface area contributed by atoms with Gasteiger partial charge in [0.1, 0.15) is 0 Å². The van der Waals surface area contributed by atoms with Gasteiger partial charge in [-0.15, -0.1) is 0 Å². The Hall–Kier alpha value is -1.17. The van der Waals surface area contributed by atoms with E-state index in [0.717, 1.165) is 0 Å². The van der Waals surface area contributed by atoms with E-state index in [1.807, 2.05) is 19.6 Å². The summed E-state index contributed by atoms with van der Waals surface area (Å²) in [5.41, 5.74) is 0.458. The van der Waals surface area contributed by atoms with Crippen LogP contribution in [0.25, 0.3) is 0 Å². The highest BCUT2D eigenvalue weighted by atomic mass is 28.4. The van der Waals surface area contributed by atoms with Gasteiger partial charge in [0.25, 0.3) is 0 Å². The third kappa shape index (κ3) is 3.47. The van der Waals surface area contributed by atoms with E-state index in [2.05, 4.69) is 0 Å². The van der Waals surface area contributed by atoms with E-state index in [1.54, 1.807) is 6.08 Å². The Morgan fingerprint density at radius 2 is 2.20 bits per heavy atom. The molecule has 0 aromatic heterocycles. The summed E-state index contributed by atoms with van der Waals surface area (Å²) in [7, 11) is -1.90. The molecular weight excluding hydrogens is 214 g/mol. The quantitative estimate of drug-likeness (QED) is 0.420. The van der Waals surface area contributed by atoms with Gasteiger partial charge in [-0.05, 0) is 19.6 Å². The number of nitro groups is 1. The summed E-state index contributed by atoms with van der Waals surface area (Å²) in [5, 5.41) is 10.5. The molecular formula is C9H15NO4Si. The molecule has 1 atom stereocenters. The SMILES string of the molecule is C[Si](C)(C)OC(=O)C1=CCC([N+](=O)[O-])C1. The van der Waals surface area contributed by atoms with Crippen LogP contribution in [0.5, 0.6) is 0 Å². The predicted molar refractivity (Wildman–Crippen MR) is 57.5 cm³/mol. The van der Waals surface area contributed by atoms with Gasteiger partial charge >= 0.3 is 5.97 Å². The summed E-state index contributed by atoms with van der Waals surface area (Å²) in [5.74, 6) is -0.376. The zero-order valence-electron chi connectivity index (χ0n) is 9.15. The number of rotatable bonds is 3. The van der Waals surface area contributed by atoms with E-state index in [1.165, 1.54) is 0 Å². The summed E-state index contributed by atoms with van der Waals surface area (Å²) >= 11 is 0. The summed E-state index contributed by atoms with van der Waals surface area (Å²) in [6.45, 7) is 5.72. The lowest BCUT2D eigenvalue weighted by atomic mass is 10.2. The first-order valence-corrected chi connectivity index (χ1v) is 8.26. The largest absolute Gasteiger partial charge is 0.517 e. The molecule has 0 radical (unpaired) electrons. The highest BCUT2D eigenvalue weighted by Crippen LogP contribution is 2.23. The van der Waals surface area contributed by atoms with E-state index in [9.17, 15) is 14.9 Å². The van der Waals surface area contributed by atoms with Crippen LogP contribution in [0.1, 0.15) is 12.8 Å². The molecule has 5 nitrogen and oxygen atoms in total. The van der Waals surface area contributed by atoms with E-state index < -0.39 is 14.4 Å². The minimum Gasteiger partial charge on any atom is -0.517 e. The van der Waals surface area contributed by atoms with Gasteiger partial charge in [-0.1, -0.05) is 6.08 Å². The molecule has 84 valence electrons. The smallest absolute Gasteiger partial charge is 0.320 e. The second kappa shape index (κ2) is 4.14. The fraction of sp³-hybridized carbons (Fsp3) is 0.667. The van der Waals surface area contributed by atoms with Gasteiger partial charge in [0.05, 0.1) is 0 Å². The van der Waals surface area contributed by atoms with E-state index in [-0.39, 0.29) is 17.3 Å². The van der Waals surface area contributed by atoms with Gasteiger partial charge in [-0.3, -0.25) is 10.1 Å². The topological polar surface area (TPSA) is 69.4 Å². The van der Waals surface area contributed by atoms with E-state index in [4.69, 9.17) is 4.43 Å². The lowest BCUT2D eigenvalue weighted by Gasteiger charge is -2.17. The Morgan fingerprint density at radius 1 is 1.60 bits per heavy atom. The average molecular weight is 229 g/mol. The molecule has 0 aromatic carbocycles. The van der Waals surface area contributed by atoms with Crippen molar-refractivity contribution in [1.82, 2.24) is 0 Å².